The van der Waals surface area contributed by atoms with E-state index in [0.717, 1.165) is 17.7 Å². The molecule has 0 saturated carbocycles. The lowest BCUT2D eigenvalue weighted by atomic mass is 10.1. The van der Waals surface area contributed by atoms with Crippen LogP contribution in [0.2, 0.25) is 0 Å². The summed E-state index contributed by atoms with van der Waals surface area (Å²) >= 11 is 0. The van der Waals surface area contributed by atoms with Gasteiger partial charge in [0, 0.05) is 0 Å². The molecule has 1 aromatic carbocycles. The topological polar surface area (TPSA) is 61.5 Å². The van der Waals surface area contributed by atoms with Crippen LogP contribution in [0.1, 0.15) is 18.9 Å². The average molecular weight is 237 g/mol. The van der Waals surface area contributed by atoms with Crippen molar-refractivity contribution in [2.24, 2.45) is 5.73 Å². The monoisotopic (exact) mass is 237 g/mol. The van der Waals surface area contributed by atoms with Gasteiger partial charge < -0.3 is 15.2 Å². The summed E-state index contributed by atoms with van der Waals surface area (Å²) in [6.45, 7) is 2.37. The molecule has 0 saturated heterocycles. The van der Waals surface area contributed by atoms with Crippen molar-refractivity contribution in [1.29, 1.82) is 0 Å². The van der Waals surface area contributed by atoms with Gasteiger partial charge in [0.05, 0.1) is 13.7 Å². The van der Waals surface area contributed by atoms with Gasteiger partial charge >= 0.3 is 5.97 Å². The second-order valence-corrected chi connectivity index (χ2v) is 3.83. The molecule has 0 heterocycles. The third-order valence-corrected chi connectivity index (χ3v) is 2.37. The molecule has 1 rings (SSSR count). The molecule has 1 aromatic rings. The summed E-state index contributed by atoms with van der Waals surface area (Å²) in [5, 5.41) is 0. The number of hydrogen-bond acceptors (Lipinski definition) is 4. The smallest absolute Gasteiger partial charge is 0.323 e. The number of hydrogen-bond donors (Lipinski definition) is 1. The van der Waals surface area contributed by atoms with Crippen molar-refractivity contribution in [2.75, 3.05) is 13.7 Å². The van der Waals surface area contributed by atoms with Crippen LogP contribution in [0.4, 0.5) is 0 Å². The number of ether oxygens (including phenoxy) is 2. The Balaban J connectivity index is 2.49. The fourth-order valence-electron chi connectivity index (χ4n) is 1.41. The highest BCUT2D eigenvalue weighted by Crippen LogP contribution is 2.12. The van der Waals surface area contributed by atoms with Crippen molar-refractivity contribution in [1.82, 2.24) is 0 Å². The second kappa shape index (κ2) is 6.91. The Hall–Kier alpha value is -1.55. The maximum absolute atomic E-state index is 11.5. The van der Waals surface area contributed by atoms with Crippen molar-refractivity contribution in [2.45, 2.75) is 25.8 Å². The van der Waals surface area contributed by atoms with E-state index in [9.17, 15) is 4.79 Å². The zero-order valence-corrected chi connectivity index (χ0v) is 10.3. The first-order chi connectivity index (χ1) is 8.17. The minimum Gasteiger partial charge on any atom is -0.497 e. The maximum atomic E-state index is 11.5. The number of nitrogens with two attached hydrogens (primary N) is 1. The zero-order valence-electron chi connectivity index (χ0n) is 10.3. The van der Waals surface area contributed by atoms with Crippen molar-refractivity contribution in [3.8, 4) is 5.75 Å². The van der Waals surface area contributed by atoms with Crippen LogP contribution in [-0.2, 0) is 16.0 Å². The Bertz CT molecular complexity index is 348. The van der Waals surface area contributed by atoms with Crippen molar-refractivity contribution in [3.05, 3.63) is 29.8 Å². The minimum absolute atomic E-state index is 0.345. The van der Waals surface area contributed by atoms with E-state index in [1.807, 2.05) is 31.2 Å². The predicted molar refractivity (Wildman–Crippen MR) is 65.9 cm³/mol. The third-order valence-electron chi connectivity index (χ3n) is 2.37. The molecule has 0 bridgehead atoms. The van der Waals surface area contributed by atoms with Crippen molar-refractivity contribution >= 4 is 5.97 Å². The van der Waals surface area contributed by atoms with E-state index in [0.29, 0.717) is 13.0 Å². The lowest BCUT2D eigenvalue weighted by Gasteiger charge is -2.11. The summed E-state index contributed by atoms with van der Waals surface area (Å²) in [4.78, 5) is 11.5. The Morgan fingerprint density at radius 3 is 2.53 bits per heavy atom. The molecule has 4 heteroatoms. The molecule has 0 aliphatic heterocycles. The van der Waals surface area contributed by atoms with E-state index >= 15 is 0 Å². The van der Waals surface area contributed by atoms with Gasteiger partial charge in [-0.25, -0.2) is 0 Å². The largest absolute Gasteiger partial charge is 0.497 e. The normalized spacial score (nSPS) is 11.9. The summed E-state index contributed by atoms with van der Waals surface area (Å²) in [5.41, 5.74) is 6.75. The average Bonchev–Trinajstić information content (AvgIpc) is 2.36. The van der Waals surface area contributed by atoms with E-state index in [1.54, 1.807) is 7.11 Å². The number of carbonyl (C=O) groups is 1. The second-order valence-electron chi connectivity index (χ2n) is 3.83. The molecule has 94 valence electrons. The maximum Gasteiger partial charge on any atom is 0.323 e. The van der Waals surface area contributed by atoms with Crippen LogP contribution in [0, 0.1) is 0 Å². The molecule has 0 spiro atoms. The fraction of sp³-hybridized carbons (Fsp3) is 0.462. The molecule has 0 aliphatic carbocycles. The number of rotatable bonds is 6. The lowest BCUT2D eigenvalue weighted by molar-refractivity contribution is -0.145. The van der Waals surface area contributed by atoms with E-state index in [2.05, 4.69) is 0 Å². The van der Waals surface area contributed by atoms with Gasteiger partial charge in [0.15, 0.2) is 0 Å². The van der Waals surface area contributed by atoms with Crippen LogP contribution in [0.3, 0.4) is 0 Å². The van der Waals surface area contributed by atoms with Gasteiger partial charge in [-0.2, -0.15) is 0 Å². The van der Waals surface area contributed by atoms with Gasteiger partial charge in [-0.15, -0.1) is 0 Å². The van der Waals surface area contributed by atoms with Gasteiger partial charge in [0.2, 0.25) is 0 Å². The summed E-state index contributed by atoms with van der Waals surface area (Å²) in [7, 11) is 1.61. The van der Waals surface area contributed by atoms with Crippen LogP contribution >= 0.6 is 0 Å². The lowest BCUT2D eigenvalue weighted by Crippen LogP contribution is -2.34. The zero-order chi connectivity index (χ0) is 12.7. The van der Waals surface area contributed by atoms with Crippen LogP contribution in [-0.4, -0.2) is 25.7 Å². The predicted octanol–water partition coefficient (Wildman–Crippen LogP) is 1.52. The number of methoxy groups -OCH3 is 1. The van der Waals surface area contributed by atoms with Gasteiger partial charge in [-0.05, 0) is 30.5 Å². The fourth-order valence-corrected chi connectivity index (χ4v) is 1.41. The molecule has 0 radical (unpaired) electrons. The number of benzene rings is 1. The van der Waals surface area contributed by atoms with Crippen molar-refractivity contribution in [3.63, 3.8) is 0 Å². The molecule has 2 N–H and O–H groups in total. The molecular formula is C13H19NO3. The molecule has 0 fully saturated rings. The molecule has 4 nitrogen and oxygen atoms in total. The van der Waals surface area contributed by atoms with Gasteiger partial charge in [-0.1, -0.05) is 19.1 Å². The van der Waals surface area contributed by atoms with Gasteiger partial charge in [0.25, 0.3) is 0 Å². The van der Waals surface area contributed by atoms with Crippen LogP contribution in [0.5, 0.6) is 5.75 Å². The Morgan fingerprint density at radius 2 is 2.00 bits per heavy atom. The number of esters is 1. The molecule has 0 aliphatic rings. The van der Waals surface area contributed by atoms with E-state index in [4.69, 9.17) is 15.2 Å². The molecular weight excluding hydrogens is 218 g/mol. The highest BCUT2D eigenvalue weighted by Gasteiger charge is 2.15. The first-order valence-corrected chi connectivity index (χ1v) is 5.72. The molecule has 0 unspecified atom stereocenters. The van der Waals surface area contributed by atoms with E-state index in [-0.39, 0.29) is 5.97 Å². The molecule has 17 heavy (non-hydrogen) atoms. The third kappa shape index (κ3) is 4.44. The summed E-state index contributed by atoms with van der Waals surface area (Å²) in [6, 6.07) is 6.88. The van der Waals surface area contributed by atoms with Crippen LogP contribution in [0.15, 0.2) is 24.3 Å². The SMILES string of the molecule is CCCOC(=O)[C@@H](N)Cc1ccc(OC)cc1. The Kier molecular flexibility index (Phi) is 5.49. The highest BCUT2D eigenvalue weighted by molar-refractivity contribution is 5.75. The van der Waals surface area contributed by atoms with E-state index in [1.165, 1.54) is 0 Å². The van der Waals surface area contributed by atoms with Crippen LogP contribution in [0.25, 0.3) is 0 Å². The standard InChI is InChI=1S/C13H19NO3/c1-3-8-17-13(15)12(14)9-10-4-6-11(16-2)7-5-10/h4-7,12H,3,8-9,14H2,1-2H3/t12-/m0/s1. The summed E-state index contributed by atoms with van der Waals surface area (Å²) < 4.78 is 10.0. The first kappa shape index (κ1) is 13.5. The quantitative estimate of drug-likeness (QED) is 0.762. The van der Waals surface area contributed by atoms with E-state index < -0.39 is 6.04 Å². The van der Waals surface area contributed by atoms with Gasteiger partial charge in [0.1, 0.15) is 11.8 Å². The Morgan fingerprint density at radius 1 is 1.35 bits per heavy atom. The Labute approximate surface area is 102 Å². The molecule has 0 aromatic heterocycles. The van der Waals surface area contributed by atoms with Gasteiger partial charge in [-0.3, -0.25) is 4.79 Å². The number of carbonyl (C=O) groups excluding carboxylic acids is 1. The minimum atomic E-state index is -0.602. The molecule has 0 amide bonds. The first-order valence-electron chi connectivity index (χ1n) is 5.72. The summed E-state index contributed by atoms with van der Waals surface area (Å²) in [6.07, 6.45) is 1.29. The summed E-state index contributed by atoms with van der Waals surface area (Å²) in [5.74, 6) is 0.443. The highest BCUT2D eigenvalue weighted by atomic mass is 16.5. The molecule has 1 atom stereocenters. The van der Waals surface area contributed by atoms with Crippen molar-refractivity contribution < 1.29 is 14.3 Å². The van der Waals surface area contributed by atoms with Crippen LogP contribution < -0.4 is 10.5 Å².